The second kappa shape index (κ2) is 7.77. The molecule has 4 atom stereocenters. The van der Waals surface area contributed by atoms with Crippen LogP contribution in [0, 0.1) is 0 Å². The molecule has 0 bridgehead atoms. The topological polar surface area (TPSA) is 128 Å². The molecular formula is C18H30NO7+. The summed E-state index contributed by atoms with van der Waals surface area (Å²) in [5.41, 5.74) is -3.90. The Balaban J connectivity index is 3.77. The maximum Gasteiger partial charge on any atom is 0.367 e. The molecule has 0 aliphatic heterocycles. The quantitative estimate of drug-likeness (QED) is 0.452. The summed E-state index contributed by atoms with van der Waals surface area (Å²) in [5, 5.41) is 40.1. The lowest BCUT2D eigenvalue weighted by atomic mass is 9.64. The average Bonchev–Trinajstić information content (AvgIpc) is 3.03. The first-order chi connectivity index (χ1) is 11.8. The number of carboxylic acid groups (broad SMARTS) is 2. The first-order valence-corrected chi connectivity index (χ1v) is 8.53. The van der Waals surface area contributed by atoms with Gasteiger partial charge in [-0.1, -0.05) is 0 Å². The van der Waals surface area contributed by atoms with Crippen molar-refractivity contribution >= 4 is 11.9 Å². The van der Waals surface area contributed by atoms with Crippen LogP contribution in [-0.2, 0) is 15.0 Å². The van der Waals surface area contributed by atoms with E-state index in [1.54, 1.807) is 21.0 Å². The smallest absolute Gasteiger partial charge is 0.367 e. The van der Waals surface area contributed by atoms with Crippen molar-refractivity contribution in [2.24, 2.45) is 0 Å². The molecule has 8 heteroatoms. The van der Waals surface area contributed by atoms with Gasteiger partial charge in [0.2, 0.25) is 5.54 Å². The SMILES string of the molecule is CC(O)CC[N+](C)(C)C(CC(C)O)(C(=O)O)C(C)(C(=O)O)c1ccco1. The third-order valence-corrected chi connectivity index (χ3v) is 5.35. The summed E-state index contributed by atoms with van der Waals surface area (Å²) in [6.45, 7) is 4.52. The van der Waals surface area contributed by atoms with Gasteiger partial charge in [-0.05, 0) is 32.9 Å². The molecule has 0 aliphatic carbocycles. The number of hydrogen-bond donors (Lipinski definition) is 4. The summed E-state index contributed by atoms with van der Waals surface area (Å²) in [6, 6.07) is 2.93. The number of carboxylic acids is 2. The van der Waals surface area contributed by atoms with Gasteiger partial charge in [0, 0.05) is 12.8 Å². The minimum Gasteiger partial charge on any atom is -0.480 e. The molecule has 0 spiro atoms. The summed E-state index contributed by atoms with van der Waals surface area (Å²) in [6.07, 6.45) is -0.482. The highest BCUT2D eigenvalue weighted by Gasteiger charge is 2.70. The van der Waals surface area contributed by atoms with Crippen molar-refractivity contribution < 1.29 is 38.9 Å². The van der Waals surface area contributed by atoms with Crippen molar-refractivity contribution in [3.8, 4) is 0 Å². The van der Waals surface area contributed by atoms with Crippen LogP contribution in [0.15, 0.2) is 22.8 Å². The molecule has 0 saturated heterocycles. The lowest BCUT2D eigenvalue weighted by Crippen LogP contribution is -2.75. The van der Waals surface area contributed by atoms with Crippen LogP contribution in [0.4, 0.5) is 0 Å². The van der Waals surface area contributed by atoms with Crippen molar-refractivity contribution in [2.45, 2.75) is 56.8 Å². The molecule has 0 aromatic carbocycles. The molecule has 1 aromatic rings. The van der Waals surface area contributed by atoms with E-state index in [2.05, 4.69) is 0 Å². The van der Waals surface area contributed by atoms with Gasteiger partial charge < -0.3 is 29.3 Å². The van der Waals surface area contributed by atoms with Crippen molar-refractivity contribution in [1.29, 1.82) is 0 Å². The van der Waals surface area contributed by atoms with E-state index >= 15 is 0 Å². The molecule has 0 saturated carbocycles. The van der Waals surface area contributed by atoms with Crippen LogP contribution < -0.4 is 0 Å². The van der Waals surface area contributed by atoms with E-state index in [0.29, 0.717) is 0 Å². The highest BCUT2D eigenvalue weighted by Crippen LogP contribution is 2.46. The lowest BCUT2D eigenvalue weighted by Gasteiger charge is -2.52. The summed E-state index contributed by atoms with van der Waals surface area (Å²) >= 11 is 0. The van der Waals surface area contributed by atoms with Gasteiger partial charge in [-0.2, -0.15) is 0 Å². The number of aliphatic hydroxyl groups is 2. The molecule has 1 heterocycles. The zero-order valence-electron chi connectivity index (χ0n) is 16.0. The average molecular weight is 372 g/mol. The predicted octanol–water partition coefficient (Wildman–Crippen LogP) is 1.06. The van der Waals surface area contributed by atoms with Crippen LogP contribution in [0.3, 0.4) is 0 Å². The Hall–Kier alpha value is -1.90. The zero-order valence-corrected chi connectivity index (χ0v) is 16.0. The van der Waals surface area contributed by atoms with Crippen LogP contribution in [0.2, 0.25) is 0 Å². The number of hydrogen-bond acceptors (Lipinski definition) is 5. The van der Waals surface area contributed by atoms with Crippen molar-refractivity contribution in [3.63, 3.8) is 0 Å². The van der Waals surface area contributed by atoms with Crippen LogP contribution in [0.1, 0.15) is 39.4 Å². The van der Waals surface area contributed by atoms with E-state index in [1.807, 2.05) is 0 Å². The third-order valence-electron chi connectivity index (χ3n) is 5.35. The second-order valence-electron chi connectivity index (χ2n) is 7.67. The Morgan fingerprint density at radius 2 is 1.73 bits per heavy atom. The van der Waals surface area contributed by atoms with Gasteiger partial charge in [0.1, 0.15) is 5.76 Å². The van der Waals surface area contributed by atoms with Crippen molar-refractivity contribution in [3.05, 3.63) is 24.2 Å². The fraction of sp³-hybridized carbons (Fsp3) is 0.667. The number of carbonyl (C=O) groups is 2. The van der Waals surface area contributed by atoms with E-state index in [1.165, 1.54) is 32.2 Å². The summed E-state index contributed by atoms with van der Waals surface area (Å²) < 4.78 is 5.07. The molecule has 0 fully saturated rings. The van der Waals surface area contributed by atoms with Crippen LogP contribution in [0.5, 0.6) is 0 Å². The minimum atomic E-state index is -1.96. The van der Waals surface area contributed by atoms with Crippen LogP contribution in [0.25, 0.3) is 0 Å². The largest absolute Gasteiger partial charge is 0.480 e. The Labute approximate surface area is 153 Å². The Kier molecular flexibility index (Phi) is 6.62. The lowest BCUT2D eigenvalue weighted by molar-refractivity contribution is -0.938. The van der Waals surface area contributed by atoms with E-state index in [0.717, 1.165) is 0 Å². The summed E-state index contributed by atoms with van der Waals surface area (Å²) in [4.78, 5) is 25.0. The first kappa shape index (κ1) is 22.1. The maximum absolute atomic E-state index is 12.6. The fourth-order valence-electron chi connectivity index (χ4n) is 3.79. The van der Waals surface area contributed by atoms with Crippen molar-refractivity contribution in [2.75, 3.05) is 20.6 Å². The molecule has 8 nitrogen and oxygen atoms in total. The zero-order chi connectivity index (χ0) is 20.3. The first-order valence-electron chi connectivity index (χ1n) is 8.53. The van der Waals surface area contributed by atoms with E-state index < -0.39 is 35.1 Å². The van der Waals surface area contributed by atoms with Gasteiger partial charge in [-0.15, -0.1) is 0 Å². The van der Waals surface area contributed by atoms with E-state index in [-0.39, 0.29) is 29.6 Å². The Bertz CT molecular complexity index is 623. The molecule has 26 heavy (non-hydrogen) atoms. The molecule has 4 N–H and O–H groups in total. The standard InChI is InChI=1S/C18H29NO7/c1-12(20)8-9-19(4,5)18(16(24)25,11-13(2)21)17(3,15(22)23)14-7-6-10-26-14/h6-7,10,12-13,20-21H,8-9,11H2,1-5H3,(H-,22,23,24,25)/p+1. The molecule has 0 radical (unpaired) electrons. The van der Waals surface area contributed by atoms with E-state index in [4.69, 9.17) is 4.42 Å². The van der Waals surface area contributed by atoms with Crippen LogP contribution >= 0.6 is 0 Å². The monoisotopic (exact) mass is 372 g/mol. The highest BCUT2D eigenvalue weighted by atomic mass is 16.4. The molecule has 1 rings (SSSR count). The number of quaternary nitrogens is 1. The predicted molar refractivity (Wildman–Crippen MR) is 93.6 cm³/mol. The van der Waals surface area contributed by atoms with Gasteiger partial charge in [0.05, 0.1) is 39.1 Å². The molecule has 148 valence electrons. The fourth-order valence-corrected chi connectivity index (χ4v) is 3.79. The van der Waals surface area contributed by atoms with Gasteiger partial charge >= 0.3 is 11.9 Å². The third kappa shape index (κ3) is 3.62. The Morgan fingerprint density at radius 3 is 2.08 bits per heavy atom. The number of likely N-dealkylation sites (N-methyl/N-ethyl adjacent to an activating group) is 1. The molecule has 4 unspecified atom stereocenters. The number of rotatable bonds is 10. The highest BCUT2D eigenvalue weighted by molar-refractivity contribution is 5.92. The summed E-state index contributed by atoms with van der Waals surface area (Å²) in [5.74, 6) is -2.72. The van der Waals surface area contributed by atoms with Crippen LogP contribution in [-0.4, -0.2) is 75.2 Å². The minimum absolute atomic E-state index is 0.00343. The molecule has 1 aromatic heterocycles. The molecule has 0 amide bonds. The number of aliphatic hydroxyl groups excluding tert-OH is 2. The number of furan rings is 1. The van der Waals surface area contributed by atoms with Gasteiger partial charge in [0.25, 0.3) is 0 Å². The number of nitrogens with zero attached hydrogens (tertiary/aromatic N) is 1. The second-order valence-corrected chi connectivity index (χ2v) is 7.67. The molecular weight excluding hydrogens is 342 g/mol. The normalized spacial score (nSPS) is 19.2. The Morgan fingerprint density at radius 1 is 1.15 bits per heavy atom. The van der Waals surface area contributed by atoms with E-state index in [9.17, 15) is 30.0 Å². The number of aliphatic carboxylic acids is 2. The van der Waals surface area contributed by atoms with Crippen molar-refractivity contribution in [1.82, 2.24) is 0 Å². The molecule has 0 aliphatic rings. The maximum atomic E-state index is 12.6. The van der Waals surface area contributed by atoms with Gasteiger partial charge in [0.15, 0.2) is 5.41 Å². The van der Waals surface area contributed by atoms with Gasteiger partial charge in [-0.25, -0.2) is 4.79 Å². The summed E-state index contributed by atoms with van der Waals surface area (Å²) in [7, 11) is 3.20. The van der Waals surface area contributed by atoms with Gasteiger partial charge in [-0.3, -0.25) is 4.79 Å².